The quantitative estimate of drug-likeness (QED) is 0.194. The molecule has 2 aliphatic rings. The minimum absolute atomic E-state index is 0.0580. The Morgan fingerprint density at radius 3 is 2.13 bits per heavy atom. The molecule has 2 aromatic heterocycles. The number of allylic oxidation sites excluding steroid dienone is 1. The van der Waals surface area contributed by atoms with E-state index in [1.165, 1.54) is 13.2 Å². The minimum atomic E-state index is -1.47. The average Bonchev–Trinajstić information content (AvgIpc) is 3.66. The number of carboxylic acid groups (broad SMARTS) is 3. The van der Waals surface area contributed by atoms with Crippen LogP contribution in [0.25, 0.3) is 11.8 Å². The first kappa shape index (κ1) is 31.2. The number of aliphatic carboxylic acids is 3. The molecule has 3 N–H and O–H groups in total. The van der Waals surface area contributed by atoms with Crippen LogP contribution in [0.5, 0.6) is 5.75 Å². The average molecular weight is 677 g/mol. The number of benzene rings is 1. The molecule has 1 amide bonds. The Labute approximate surface area is 263 Å². The molecule has 234 valence electrons. The van der Waals surface area contributed by atoms with E-state index >= 15 is 0 Å². The summed E-state index contributed by atoms with van der Waals surface area (Å²) in [5, 5.41) is 27.7. The van der Waals surface area contributed by atoms with Gasteiger partial charge in [-0.3, -0.25) is 42.8 Å². The number of rotatable bonds is 8. The van der Waals surface area contributed by atoms with Crippen LogP contribution in [-0.2, 0) is 41.7 Å². The van der Waals surface area contributed by atoms with Crippen molar-refractivity contribution in [1.82, 2.24) is 14.0 Å². The number of para-hydroxylation sites is 2. The van der Waals surface area contributed by atoms with Crippen molar-refractivity contribution in [2.24, 2.45) is 0 Å². The molecule has 16 nitrogen and oxygen atoms in total. The highest BCUT2D eigenvalue weighted by atomic mass is 32.1. The number of methoxy groups -OCH3 is 1. The van der Waals surface area contributed by atoms with Gasteiger partial charge in [-0.1, -0.05) is 12.1 Å². The SMILES string of the molecule is CO/C(C=c1s/c(=c2/s/c(=C3/OC(=S)N(CC(=O)O)C3=O)n(CC(=O)O)c2=O)n(CC(=O)O)c1=O)=C1\Oc2ccccc2N1C. The van der Waals surface area contributed by atoms with E-state index in [2.05, 4.69) is 0 Å². The van der Waals surface area contributed by atoms with Gasteiger partial charge in [-0.25, -0.2) is 0 Å². The third kappa shape index (κ3) is 5.70. The van der Waals surface area contributed by atoms with Crippen LogP contribution in [0.1, 0.15) is 0 Å². The maximum Gasteiger partial charge on any atom is 0.323 e. The van der Waals surface area contributed by atoms with Gasteiger partial charge in [0.1, 0.15) is 33.5 Å². The molecule has 1 saturated heterocycles. The number of fused-ring (bicyclic) bond motifs is 1. The second-order valence-corrected chi connectivity index (χ2v) is 11.6. The van der Waals surface area contributed by atoms with Crippen molar-refractivity contribution in [3.63, 3.8) is 0 Å². The molecule has 0 atom stereocenters. The summed E-state index contributed by atoms with van der Waals surface area (Å²) in [7, 11) is 3.05. The minimum Gasteiger partial charge on any atom is -0.491 e. The van der Waals surface area contributed by atoms with Crippen molar-refractivity contribution in [3.05, 3.63) is 75.0 Å². The molecule has 0 radical (unpaired) electrons. The number of ether oxygens (including phenoxy) is 3. The molecule has 45 heavy (non-hydrogen) atoms. The fourth-order valence-electron chi connectivity index (χ4n) is 4.40. The zero-order valence-electron chi connectivity index (χ0n) is 23.0. The first-order chi connectivity index (χ1) is 21.3. The number of carbonyl (C=O) groups is 4. The summed E-state index contributed by atoms with van der Waals surface area (Å²) < 4.78 is 17.4. The van der Waals surface area contributed by atoms with Crippen LogP contribution >= 0.6 is 34.9 Å². The Hall–Kier alpha value is -5.27. The maximum atomic E-state index is 13.6. The van der Waals surface area contributed by atoms with E-state index in [4.69, 9.17) is 31.5 Å². The van der Waals surface area contributed by atoms with Crippen molar-refractivity contribution in [2.75, 3.05) is 25.6 Å². The van der Waals surface area contributed by atoms with E-state index < -0.39 is 65.5 Å². The molecule has 2 aliphatic heterocycles. The highest BCUT2D eigenvalue weighted by Crippen LogP contribution is 2.38. The molecule has 0 aliphatic carbocycles. The van der Waals surface area contributed by atoms with E-state index in [1.54, 1.807) is 36.2 Å². The van der Waals surface area contributed by atoms with Crippen LogP contribution in [-0.4, -0.2) is 79.0 Å². The van der Waals surface area contributed by atoms with Crippen LogP contribution in [0, 0.1) is 9.20 Å². The van der Waals surface area contributed by atoms with E-state index in [1.807, 2.05) is 0 Å². The standard InChI is InChI=1S/C26H20N4O12S3/c1-27-11-5-3-4-6-12(11)41-23(27)13(40-2)7-14-20(37)28(8-15(31)32)25(44-14)19-22(39)29(9-16(33)34)24(45-19)18-21(38)30(10-17(35)36)26(43)42-18/h3-7H,8-10H2,1-2H3,(H,31,32)(H,33,34)(H,35,36)/b14-7?,23-13-,24-18+,25-19+. The van der Waals surface area contributed by atoms with Gasteiger partial charge in [-0.15, -0.1) is 22.7 Å². The second kappa shape index (κ2) is 12.0. The van der Waals surface area contributed by atoms with Gasteiger partial charge in [0, 0.05) is 13.1 Å². The molecule has 3 aromatic rings. The number of thiazole rings is 2. The van der Waals surface area contributed by atoms with Gasteiger partial charge in [0.2, 0.25) is 11.6 Å². The maximum absolute atomic E-state index is 13.6. The predicted octanol–water partition coefficient (Wildman–Crippen LogP) is -0.950. The van der Waals surface area contributed by atoms with Gasteiger partial charge in [0.05, 0.1) is 17.3 Å². The molecule has 19 heteroatoms. The van der Waals surface area contributed by atoms with Gasteiger partial charge in [0.25, 0.3) is 16.3 Å². The summed E-state index contributed by atoms with van der Waals surface area (Å²) in [6.45, 7) is -2.67. The number of nitrogens with zero attached hydrogens (tertiary/aromatic N) is 4. The smallest absolute Gasteiger partial charge is 0.323 e. The van der Waals surface area contributed by atoms with E-state index in [-0.39, 0.29) is 30.0 Å². The van der Waals surface area contributed by atoms with Crippen LogP contribution in [0.2, 0.25) is 0 Å². The first-order valence-electron chi connectivity index (χ1n) is 12.5. The Morgan fingerprint density at radius 1 is 0.911 bits per heavy atom. The number of carbonyl (C=O) groups excluding carboxylic acids is 1. The number of anilines is 1. The van der Waals surface area contributed by atoms with Gasteiger partial charge in [0.15, 0.2) is 11.5 Å². The summed E-state index contributed by atoms with van der Waals surface area (Å²) in [6, 6.07) is 7.11. The Kier molecular flexibility index (Phi) is 8.32. The fraction of sp³-hybridized carbons (Fsp3) is 0.192. The molecule has 1 fully saturated rings. The van der Waals surface area contributed by atoms with E-state index in [0.29, 0.717) is 26.6 Å². The summed E-state index contributed by atoms with van der Waals surface area (Å²) in [6.07, 6.45) is 1.32. The Balaban J connectivity index is 1.82. The Bertz CT molecular complexity index is 2190. The van der Waals surface area contributed by atoms with Crippen molar-refractivity contribution >= 4 is 81.4 Å². The number of carboxylic acids is 3. The lowest BCUT2D eigenvalue weighted by Crippen LogP contribution is -2.35. The van der Waals surface area contributed by atoms with Gasteiger partial charge >= 0.3 is 23.8 Å². The summed E-state index contributed by atoms with van der Waals surface area (Å²) in [5.41, 5.74) is -1.06. The van der Waals surface area contributed by atoms with Gasteiger partial charge < -0.3 is 34.4 Å². The highest BCUT2D eigenvalue weighted by Gasteiger charge is 2.37. The van der Waals surface area contributed by atoms with Crippen molar-refractivity contribution < 1.29 is 48.7 Å². The zero-order valence-corrected chi connectivity index (χ0v) is 25.5. The monoisotopic (exact) mass is 676 g/mol. The summed E-state index contributed by atoms with van der Waals surface area (Å²) in [4.78, 5) is 77.1. The summed E-state index contributed by atoms with van der Waals surface area (Å²) >= 11 is 6.22. The molecule has 4 heterocycles. The molecule has 0 saturated carbocycles. The zero-order chi connectivity index (χ0) is 32.7. The number of hydrogen-bond donors (Lipinski definition) is 3. The number of thiocarbonyl (C=S) groups is 1. The van der Waals surface area contributed by atoms with Crippen molar-refractivity contribution in [3.8, 4) is 5.75 Å². The molecule has 0 spiro atoms. The van der Waals surface area contributed by atoms with Gasteiger partial charge in [-0.05, 0) is 24.4 Å². The molecule has 1 aromatic carbocycles. The molecular weight excluding hydrogens is 657 g/mol. The lowest BCUT2D eigenvalue weighted by molar-refractivity contribution is -0.140. The van der Waals surface area contributed by atoms with E-state index in [0.717, 1.165) is 21.6 Å². The normalized spacial score (nSPS) is 17.7. The lowest BCUT2D eigenvalue weighted by atomic mass is 10.3. The van der Waals surface area contributed by atoms with Crippen LogP contribution in [0.4, 0.5) is 5.69 Å². The topological polar surface area (TPSA) is 207 Å². The third-order valence-electron chi connectivity index (χ3n) is 6.34. The number of aromatic nitrogens is 2. The Morgan fingerprint density at radius 2 is 1.53 bits per heavy atom. The highest BCUT2D eigenvalue weighted by molar-refractivity contribution is 7.80. The summed E-state index contributed by atoms with van der Waals surface area (Å²) in [5.74, 6) is -5.06. The molecular formula is C26H20N4O12S3. The molecule has 5 rings (SSSR count). The molecule has 0 bridgehead atoms. The van der Waals surface area contributed by atoms with Crippen molar-refractivity contribution in [2.45, 2.75) is 13.1 Å². The van der Waals surface area contributed by atoms with Crippen molar-refractivity contribution in [1.29, 1.82) is 0 Å². The largest absolute Gasteiger partial charge is 0.491 e. The predicted molar refractivity (Wildman–Crippen MR) is 160 cm³/mol. The number of amides is 1. The van der Waals surface area contributed by atoms with Gasteiger partial charge in [-0.2, -0.15) is 0 Å². The second-order valence-electron chi connectivity index (χ2n) is 9.21. The van der Waals surface area contributed by atoms with Crippen LogP contribution in [0.15, 0.2) is 45.5 Å². The third-order valence-corrected chi connectivity index (χ3v) is 9.07. The van der Waals surface area contributed by atoms with Crippen LogP contribution in [0.3, 0.4) is 0 Å². The first-order valence-corrected chi connectivity index (χ1v) is 14.5. The molecule has 0 unspecified atom stereocenters. The van der Waals surface area contributed by atoms with E-state index in [9.17, 15) is 39.0 Å². The lowest BCUT2D eigenvalue weighted by Gasteiger charge is -2.13. The van der Waals surface area contributed by atoms with Crippen LogP contribution < -0.4 is 30.0 Å². The fourth-order valence-corrected chi connectivity index (χ4v) is 6.96. The number of hydrogen-bond acceptors (Lipinski definition) is 13.